The second-order valence-electron chi connectivity index (χ2n) is 2.42. The van der Waals surface area contributed by atoms with Gasteiger partial charge in [0, 0.05) is 0 Å². The molecule has 0 fully saturated rings. The molecule has 4 heteroatoms. The Kier molecular flexibility index (Phi) is 3.28. The van der Waals surface area contributed by atoms with Crippen LogP contribution in [-0.4, -0.2) is 12.9 Å². The van der Waals surface area contributed by atoms with Crippen LogP contribution in [0.3, 0.4) is 0 Å². The Morgan fingerprint density at radius 1 is 1.62 bits per heavy atom. The summed E-state index contributed by atoms with van der Waals surface area (Å²) in [5.74, 6) is 5.76. The third-order valence-electron chi connectivity index (χ3n) is 1.62. The molecule has 0 saturated carbocycles. The number of rotatable bonds is 4. The molecule has 0 aliphatic carbocycles. The van der Waals surface area contributed by atoms with Crippen LogP contribution in [0, 0.1) is 0 Å². The van der Waals surface area contributed by atoms with Crippen LogP contribution in [0.15, 0.2) is 18.2 Å². The van der Waals surface area contributed by atoms with Gasteiger partial charge in [-0.1, -0.05) is 6.07 Å². The monoisotopic (exact) mass is 180 g/mol. The summed E-state index contributed by atoms with van der Waals surface area (Å²) in [6, 6.07) is 5.16. The highest BCUT2D eigenvalue weighted by Gasteiger charge is 2.06. The first-order chi connectivity index (χ1) is 6.33. The minimum Gasteiger partial charge on any atom is -0.491 e. The Hall–Kier alpha value is -1.55. The summed E-state index contributed by atoms with van der Waals surface area (Å²) in [5.41, 5.74) is 3.59. The minimum absolute atomic E-state index is 0.498. The Labute approximate surface area is 76.7 Å². The standard InChI is InChI=1S/C9H12N2O2/c1-2-13-9-7(6-12)4-3-5-8(9)11-10/h3-6,11H,2,10H2,1H3. The summed E-state index contributed by atoms with van der Waals surface area (Å²) in [6.45, 7) is 2.35. The highest BCUT2D eigenvalue weighted by atomic mass is 16.5. The van der Waals surface area contributed by atoms with Crippen molar-refractivity contribution in [1.82, 2.24) is 0 Å². The van der Waals surface area contributed by atoms with E-state index in [-0.39, 0.29) is 0 Å². The summed E-state index contributed by atoms with van der Waals surface area (Å²) >= 11 is 0. The number of nitrogen functional groups attached to an aromatic ring is 1. The highest BCUT2D eigenvalue weighted by molar-refractivity contribution is 5.83. The fraction of sp³-hybridized carbons (Fsp3) is 0.222. The van der Waals surface area contributed by atoms with Gasteiger partial charge in [0.15, 0.2) is 12.0 Å². The van der Waals surface area contributed by atoms with E-state index < -0.39 is 0 Å². The first-order valence-electron chi connectivity index (χ1n) is 4.01. The zero-order chi connectivity index (χ0) is 9.68. The predicted molar refractivity (Wildman–Crippen MR) is 50.8 cm³/mol. The maximum absolute atomic E-state index is 10.6. The molecule has 0 bridgehead atoms. The molecule has 1 rings (SSSR count). The number of ether oxygens (including phenoxy) is 1. The molecule has 0 saturated heterocycles. The van der Waals surface area contributed by atoms with Gasteiger partial charge in [0.25, 0.3) is 0 Å². The minimum atomic E-state index is 0.498. The lowest BCUT2D eigenvalue weighted by Gasteiger charge is -2.10. The van der Waals surface area contributed by atoms with Crippen LogP contribution in [0.25, 0.3) is 0 Å². The number of anilines is 1. The summed E-state index contributed by atoms with van der Waals surface area (Å²) in [7, 11) is 0. The Morgan fingerprint density at radius 3 is 2.92 bits per heavy atom. The van der Waals surface area contributed by atoms with E-state index in [9.17, 15) is 4.79 Å². The van der Waals surface area contributed by atoms with Gasteiger partial charge < -0.3 is 10.2 Å². The maximum atomic E-state index is 10.6. The molecule has 70 valence electrons. The molecular formula is C9H12N2O2. The molecule has 0 atom stereocenters. The fourth-order valence-electron chi connectivity index (χ4n) is 1.07. The average Bonchev–Trinajstić information content (AvgIpc) is 2.18. The topological polar surface area (TPSA) is 64.3 Å². The molecule has 0 aliphatic heterocycles. The Morgan fingerprint density at radius 2 is 2.38 bits per heavy atom. The number of hydrazine groups is 1. The number of hydrogen-bond acceptors (Lipinski definition) is 4. The van der Waals surface area contributed by atoms with Crippen LogP contribution in [0.1, 0.15) is 17.3 Å². The van der Waals surface area contributed by atoms with Crippen molar-refractivity contribution in [3.63, 3.8) is 0 Å². The predicted octanol–water partition coefficient (Wildman–Crippen LogP) is 1.18. The number of hydrogen-bond donors (Lipinski definition) is 2. The quantitative estimate of drug-likeness (QED) is 0.415. The van der Waals surface area contributed by atoms with Gasteiger partial charge in [0.1, 0.15) is 0 Å². The second-order valence-corrected chi connectivity index (χ2v) is 2.42. The molecule has 1 aromatic carbocycles. The number of carbonyl (C=O) groups is 1. The molecule has 0 unspecified atom stereocenters. The van der Waals surface area contributed by atoms with Gasteiger partial charge in [-0.25, -0.2) is 0 Å². The van der Waals surface area contributed by atoms with Crippen molar-refractivity contribution in [3.8, 4) is 5.75 Å². The first-order valence-corrected chi connectivity index (χ1v) is 4.01. The fourth-order valence-corrected chi connectivity index (χ4v) is 1.07. The van der Waals surface area contributed by atoms with Crippen LogP contribution in [0.5, 0.6) is 5.75 Å². The van der Waals surface area contributed by atoms with Crippen molar-refractivity contribution in [3.05, 3.63) is 23.8 Å². The maximum Gasteiger partial charge on any atom is 0.154 e. The zero-order valence-electron chi connectivity index (χ0n) is 7.41. The van der Waals surface area contributed by atoms with Crippen molar-refractivity contribution < 1.29 is 9.53 Å². The van der Waals surface area contributed by atoms with E-state index in [0.29, 0.717) is 23.6 Å². The molecule has 3 N–H and O–H groups in total. The van der Waals surface area contributed by atoms with Crippen LogP contribution in [-0.2, 0) is 0 Å². The molecule has 1 aromatic rings. The Bertz CT molecular complexity index is 300. The van der Waals surface area contributed by atoms with Crippen LogP contribution in [0.2, 0.25) is 0 Å². The molecular weight excluding hydrogens is 168 g/mol. The lowest BCUT2D eigenvalue weighted by molar-refractivity contribution is 0.112. The van der Waals surface area contributed by atoms with Crippen molar-refractivity contribution in [2.75, 3.05) is 12.0 Å². The number of nitrogens with two attached hydrogens (primary N) is 1. The summed E-state index contributed by atoms with van der Waals surface area (Å²) in [5, 5.41) is 0. The third kappa shape index (κ3) is 1.97. The molecule has 13 heavy (non-hydrogen) atoms. The lowest BCUT2D eigenvalue weighted by Crippen LogP contribution is -2.09. The number of carbonyl (C=O) groups excluding carboxylic acids is 1. The van der Waals surface area contributed by atoms with Crippen LogP contribution < -0.4 is 16.0 Å². The van der Waals surface area contributed by atoms with E-state index in [1.165, 1.54) is 0 Å². The lowest BCUT2D eigenvalue weighted by atomic mass is 10.2. The van der Waals surface area contributed by atoms with Crippen molar-refractivity contribution in [1.29, 1.82) is 0 Å². The van der Waals surface area contributed by atoms with Gasteiger partial charge in [-0.05, 0) is 19.1 Å². The van der Waals surface area contributed by atoms with Crippen molar-refractivity contribution in [2.24, 2.45) is 5.84 Å². The van der Waals surface area contributed by atoms with Gasteiger partial charge in [-0.3, -0.25) is 10.6 Å². The SMILES string of the molecule is CCOc1c(C=O)cccc1NN. The van der Waals surface area contributed by atoms with Gasteiger partial charge in [0.05, 0.1) is 17.9 Å². The molecule has 0 aliphatic rings. The number of benzene rings is 1. The van der Waals surface area contributed by atoms with Gasteiger partial charge >= 0.3 is 0 Å². The van der Waals surface area contributed by atoms with E-state index in [4.69, 9.17) is 10.6 Å². The van der Waals surface area contributed by atoms with E-state index in [0.717, 1.165) is 6.29 Å². The van der Waals surface area contributed by atoms with E-state index >= 15 is 0 Å². The van der Waals surface area contributed by atoms with Crippen molar-refractivity contribution >= 4 is 12.0 Å². The first kappa shape index (κ1) is 9.54. The van der Waals surface area contributed by atoms with E-state index in [1.54, 1.807) is 18.2 Å². The molecule has 0 spiro atoms. The van der Waals surface area contributed by atoms with Gasteiger partial charge in [-0.15, -0.1) is 0 Å². The Balaban J connectivity index is 3.12. The smallest absolute Gasteiger partial charge is 0.154 e. The number of para-hydroxylation sites is 1. The summed E-state index contributed by atoms with van der Waals surface area (Å²) in [6.07, 6.45) is 0.742. The molecule has 0 heterocycles. The van der Waals surface area contributed by atoms with E-state index in [1.807, 2.05) is 6.92 Å². The second kappa shape index (κ2) is 4.47. The van der Waals surface area contributed by atoms with Crippen LogP contribution >= 0.6 is 0 Å². The molecule has 0 radical (unpaired) electrons. The molecule has 0 amide bonds. The van der Waals surface area contributed by atoms with Crippen LogP contribution in [0.4, 0.5) is 5.69 Å². The summed E-state index contributed by atoms with van der Waals surface area (Å²) in [4.78, 5) is 10.6. The largest absolute Gasteiger partial charge is 0.491 e. The molecule has 0 aromatic heterocycles. The summed E-state index contributed by atoms with van der Waals surface area (Å²) < 4.78 is 5.28. The van der Waals surface area contributed by atoms with Crippen molar-refractivity contribution in [2.45, 2.75) is 6.92 Å². The normalized spacial score (nSPS) is 9.38. The van der Waals surface area contributed by atoms with Gasteiger partial charge in [-0.2, -0.15) is 0 Å². The average molecular weight is 180 g/mol. The number of aldehydes is 1. The third-order valence-corrected chi connectivity index (χ3v) is 1.62. The zero-order valence-corrected chi connectivity index (χ0v) is 7.41. The number of nitrogens with one attached hydrogen (secondary N) is 1. The molecule has 4 nitrogen and oxygen atoms in total. The van der Waals surface area contributed by atoms with E-state index in [2.05, 4.69) is 5.43 Å². The van der Waals surface area contributed by atoms with Gasteiger partial charge in [0.2, 0.25) is 0 Å². The highest BCUT2D eigenvalue weighted by Crippen LogP contribution is 2.26.